The summed E-state index contributed by atoms with van der Waals surface area (Å²) in [4.78, 5) is 14.4. The first-order valence-electron chi connectivity index (χ1n) is 3.53. The third-order valence-corrected chi connectivity index (χ3v) is 1.65. The van der Waals surface area contributed by atoms with Crippen molar-refractivity contribution < 1.29 is 9.90 Å². The average molecular weight is 141 g/mol. The van der Waals surface area contributed by atoms with Gasteiger partial charge in [0.1, 0.15) is 0 Å². The Bertz CT molecular complexity index is 154. The van der Waals surface area contributed by atoms with E-state index in [9.17, 15) is 4.79 Å². The van der Waals surface area contributed by atoms with Crippen LogP contribution in [0.25, 0.3) is 0 Å². The van der Waals surface area contributed by atoms with Gasteiger partial charge >= 0.3 is 5.97 Å². The minimum Gasteiger partial charge on any atom is -0.481 e. The number of aliphatic carboxylic acids is 1. The van der Waals surface area contributed by atoms with Crippen LogP contribution in [0.15, 0.2) is 4.99 Å². The monoisotopic (exact) mass is 141 g/mol. The molecular weight excluding hydrogens is 130 g/mol. The van der Waals surface area contributed by atoms with Crippen molar-refractivity contribution in [1.29, 1.82) is 0 Å². The highest BCUT2D eigenvalue weighted by atomic mass is 16.4. The summed E-state index contributed by atoms with van der Waals surface area (Å²) in [6, 6.07) is 0. The maximum atomic E-state index is 10.4. The first kappa shape index (κ1) is 7.25. The number of nitrogens with zero attached hydrogens (tertiary/aromatic N) is 1. The van der Waals surface area contributed by atoms with E-state index < -0.39 is 5.97 Å². The van der Waals surface area contributed by atoms with Crippen molar-refractivity contribution in [2.75, 3.05) is 6.54 Å². The van der Waals surface area contributed by atoms with Crippen LogP contribution in [0.5, 0.6) is 0 Å². The third kappa shape index (κ3) is 1.83. The fraction of sp³-hybridized carbons (Fsp3) is 0.714. The topological polar surface area (TPSA) is 49.7 Å². The molecule has 0 radical (unpaired) electrons. The van der Waals surface area contributed by atoms with Gasteiger partial charge in [-0.25, -0.2) is 0 Å². The molecular formula is C7H11NO2. The molecule has 1 rings (SSSR count). The smallest absolute Gasteiger partial charge is 0.311 e. The lowest BCUT2D eigenvalue weighted by Gasteiger charge is -2.00. The van der Waals surface area contributed by atoms with E-state index in [1.807, 2.05) is 0 Å². The summed E-state index contributed by atoms with van der Waals surface area (Å²) in [6.07, 6.45) is 4.32. The molecule has 0 aromatic rings. The molecule has 3 heteroatoms. The van der Waals surface area contributed by atoms with E-state index in [-0.39, 0.29) is 5.92 Å². The van der Waals surface area contributed by atoms with E-state index in [1.54, 1.807) is 6.21 Å². The number of rotatable bonds is 1. The maximum Gasteiger partial charge on any atom is 0.311 e. The first-order chi connectivity index (χ1) is 4.80. The summed E-state index contributed by atoms with van der Waals surface area (Å²) in [5.74, 6) is -1.08. The quantitative estimate of drug-likeness (QED) is 0.590. The lowest BCUT2D eigenvalue weighted by Crippen LogP contribution is -2.13. The van der Waals surface area contributed by atoms with Gasteiger partial charge in [-0.05, 0) is 12.8 Å². The molecule has 0 saturated carbocycles. The molecule has 10 heavy (non-hydrogen) atoms. The Hall–Kier alpha value is -0.860. The molecule has 0 aromatic carbocycles. The Morgan fingerprint density at radius 1 is 1.60 bits per heavy atom. The number of hydrogen-bond acceptors (Lipinski definition) is 2. The lowest BCUT2D eigenvalue weighted by molar-refractivity contribution is -0.139. The average Bonchev–Trinajstić information content (AvgIpc) is 2.12. The zero-order valence-electron chi connectivity index (χ0n) is 5.79. The van der Waals surface area contributed by atoms with Gasteiger partial charge in [0.2, 0.25) is 0 Å². The predicted octanol–water partition coefficient (Wildman–Crippen LogP) is 0.942. The minimum absolute atomic E-state index is 0.331. The van der Waals surface area contributed by atoms with Gasteiger partial charge in [0.25, 0.3) is 0 Å². The van der Waals surface area contributed by atoms with Crippen molar-refractivity contribution in [2.24, 2.45) is 10.9 Å². The van der Waals surface area contributed by atoms with Crippen molar-refractivity contribution >= 4 is 12.2 Å². The molecule has 0 amide bonds. The molecule has 56 valence electrons. The molecule has 0 bridgehead atoms. The molecule has 0 saturated heterocycles. The second-order valence-electron chi connectivity index (χ2n) is 2.50. The molecule has 1 unspecified atom stereocenters. The number of carboxylic acids is 1. The van der Waals surface area contributed by atoms with Crippen LogP contribution in [-0.2, 0) is 4.79 Å². The van der Waals surface area contributed by atoms with Gasteiger partial charge in [-0.2, -0.15) is 0 Å². The summed E-state index contributed by atoms with van der Waals surface area (Å²) in [6.45, 7) is 0.795. The molecule has 0 aliphatic carbocycles. The van der Waals surface area contributed by atoms with Crippen molar-refractivity contribution in [3.8, 4) is 0 Å². The second-order valence-corrected chi connectivity index (χ2v) is 2.50. The van der Waals surface area contributed by atoms with Gasteiger partial charge in [0.05, 0.1) is 5.92 Å². The number of carbonyl (C=O) groups is 1. The van der Waals surface area contributed by atoms with Crippen molar-refractivity contribution in [1.82, 2.24) is 0 Å². The highest BCUT2D eigenvalue weighted by molar-refractivity contribution is 5.88. The molecule has 1 heterocycles. The van der Waals surface area contributed by atoms with E-state index in [0.717, 1.165) is 25.8 Å². The standard InChI is InChI=1S/C7H11NO2/c9-7(10)6-3-1-2-4-8-5-6/h5-6H,1-4H2,(H,9,10). The van der Waals surface area contributed by atoms with Crippen LogP contribution in [0.2, 0.25) is 0 Å². The Labute approximate surface area is 59.8 Å². The number of carboxylic acid groups (broad SMARTS) is 1. The first-order valence-corrected chi connectivity index (χ1v) is 3.53. The fourth-order valence-corrected chi connectivity index (χ4v) is 1.03. The van der Waals surface area contributed by atoms with Crippen molar-refractivity contribution in [2.45, 2.75) is 19.3 Å². The van der Waals surface area contributed by atoms with Crippen molar-refractivity contribution in [3.63, 3.8) is 0 Å². The van der Waals surface area contributed by atoms with Crippen LogP contribution in [0.4, 0.5) is 0 Å². The third-order valence-electron chi connectivity index (χ3n) is 1.65. The summed E-state index contributed by atoms with van der Waals surface area (Å²) in [5.41, 5.74) is 0. The van der Waals surface area contributed by atoms with E-state index >= 15 is 0 Å². The van der Waals surface area contributed by atoms with E-state index in [1.165, 1.54) is 0 Å². The zero-order valence-corrected chi connectivity index (χ0v) is 5.79. The molecule has 3 nitrogen and oxygen atoms in total. The second kappa shape index (κ2) is 3.34. The van der Waals surface area contributed by atoms with E-state index in [0.29, 0.717) is 0 Å². The van der Waals surface area contributed by atoms with E-state index in [4.69, 9.17) is 5.11 Å². The van der Waals surface area contributed by atoms with Gasteiger partial charge in [0, 0.05) is 12.8 Å². The number of aliphatic imine (C=N–C) groups is 1. The Kier molecular flexibility index (Phi) is 2.42. The SMILES string of the molecule is O=C(O)C1C=NCCCC1. The van der Waals surface area contributed by atoms with Gasteiger partial charge in [-0.3, -0.25) is 9.79 Å². The summed E-state index contributed by atoms with van der Waals surface area (Å²) < 4.78 is 0. The Morgan fingerprint density at radius 2 is 2.40 bits per heavy atom. The van der Waals surface area contributed by atoms with Crippen LogP contribution in [-0.4, -0.2) is 23.8 Å². The van der Waals surface area contributed by atoms with Crippen LogP contribution >= 0.6 is 0 Å². The number of hydrogen-bond donors (Lipinski definition) is 1. The summed E-state index contributed by atoms with van der Waals surface area (Å²) in [7, 11) is 0. The maximum absolute atomic E-state index is 10.4. The summed E-state index contributed by atoms with van der Waals surface area (Å²) >= 11 is 0. The molecule has 0 aromatic heterocycles. The van der Waals surface area contributed by atoms with Crippen LogP contribution < -0.4 is 0 Å². The largest absolute Gasteiger partial charge is 0.481 e. The molecule has 1 aliphatic rings. The highest BCUT2D eigenvalue weighted by Crippen LogP contribution is 2.10. The van der Waals surface area contributed by atoms with Crippen molar-refractivity contribution in [3.05, 3.63) is 0 Å². The Balaban J connectivity index is 2.49. The molecule has 0 spiro atoms. The summed E-state index contributed by atoms with van der Waals surface area (Å²) in [5, 5.41) is 8.57. The van der Waals surface area contributed by atoms with Crippen LogP contribution in [0.1, 0.15) is 19.3 Å². The molecule has 1 aliphatic heterocycles. The minimum atomic E-state index is -0.745. The van der Waals surface area contributed by atoms with Gasteiger partial charge in [-0.1, -0.05) is 6.42 Å². The molecule has 0 fully saturated rings. The zero-order chi connectivity index (χ0) is 7.40. The normalized spacial score (nSPS) is 25.8. The van der Waals surface area contributed by atoms with Crippen LogP contribution in [0, 0.1) is 5.92 Å². The van der Waals surface area contributed by atoms with Crippen LogP contribution in [0.3, 0.4) is 0 Å². The van der Waals surface area contributed by atoms with E-state index in [2.05, 4.69) is 4.99 Å². The Morgan fingerprint density at radius 3 is 3.10 bits per heavy atom. The van der Waals surface area contributed by atoms with Gasteiger partial charge in [0.15, 0.2) is 0 Å². The predicted molar refractivity (Wildman–Crippen MR) is 38.3 cm³/mol. The lowest BCUT2D eigenvalue weighted by atomic mass is 10.1. The van der Waals surface area contributed by atoms with Gasteiger partial charge < -0.3 is 5.11 Å². The molecule has 1 atom stereocenters. The van der Waals surface area contributed by atoms with Gasteiger partial charge in [-0.15, -0.1) is 0 Å². The fourth-order valence-electron chi connectivity index (χ4n) is 1.03. The molecule has 1 N–H and O–H groups in total. The highest BCUT2D eigenvalue weighted by Gasteiger charge is 2.15.